The van der Waals surface area contributed by atoms with Crippen molar-refractivity contribution in [1.82, 2.24) is 5.32 Å². The third-order valence-corrected chi connectivity index (χ3v) is 2.88. The molecule has 0 aliphatic heterocycles. The second-order valence-electron chi connectivity index (χ2n) is 5.37. The Labute approximate surface area is 126 Å². The summed E-state index contributed by atoms with van der Waals surface area (Å²) in [5.74, 6) is 1.03. The van der Waals surface area contributed by atoms with Crippen molar-refractivity contribution < 1.29 is 19.4 Å². The molecule has 21 heavy (non-hydrogen) atoms. The molecule has 0 saturated heterocycles. The number of aliphatic hydroxyl groups excluding tert-OH is 1. The number of methoxy groups -OCH3 is 1. The van der Waals surface area contributed by atoms with Crippen LogP contribution in [0.2, 0.25) is 0 Å². The summed E-state index contributed by atoms with van der Waals surface area (Å²) in [6, 6.07) is 6.84. The third kappa shape index (κ3) is 6.60. The Kier molecular flexibility index (Phi) is 7.79. The van der Waals surface area contributed by atoms with Crippen molar-refractivity contribution in [1.29, 1.82) is 0 Å². The number of aliphatic hydroxyl groups is 1. The van der Waals surface area contributed by atoms with Crippen LogP contribution >= 0.6 is 0 Å². The standard InChI is InChI=1S/C16H25NO4/c1-12(2)10-21-15-6-4-13(5-7-15)16(19)17-14(8-9-18)11-20-3/h4-7,12,14,18H,8-11H2,1-3H3,(H,17,19). The van der Waals surface area contributed by atoms with Crippen LogP contribution in [-0.2, 0) is 4.74 Å². The van der Waals surface area contributed by atoms with E-state index in [-0.39, 0.29) is 18.6 Å². The van der Waals surface area contributed by atoms with Gasteiger partial charge in [0.15, 0.2) is 0 Å². The number of carbonyl (C=O) groups excluding carboxylic acids is 1. The molecule has 0 bridgehead atoms. The van der Waals surface area contributed by atoms with Crippen LogP contribution in [0, 0.1) is 5.92 Å². The summed E-state index contributed by atoms with van der Waals surface area (Å²) >= 11 is 0. The Morgan fingerprint density at radius 1 is 1.24 bits per heavy atom. The topological polar surface area (TPSA) is 67.8 Å². The zero-order valence-electron chi connectivity index (χ0n) is 13.0. The molecule has 0 saturated carbocycles. The minimum Gasteiger partial charge on any atom is -0.493 e. The highest BCUT2D eigenvalue weighted by molar-refractivity contribution is 5.94. The van der Waals surface area contributed by atoms with E-state index in [1.54, 1.807) is 31.4 Å². The van der Waals surface area contributed by atoms with Crippen molar-refractivity contribution in [2.45, 2.75) is 26.3 Å². The van der Waals surface area contributed by atoms with Crippen molar-refractivity contribution in [3.05, 3.63) is 29.8 Å². The number of rotatable bonds is 9. The molecule has 0 aliphatic carbocycles. The van der Waals surface area contributed by atoms with E-state index in [1.165, 1.54) is 0 Å². The van der Waals surface area contributed by atoms with E-state index >= 15 is 0 Å². The number of hydrogen-bond donors (Lipinski definition) is 2. The molecule has 0 aromatic heterocycles. The maximum absolute atomic E-state index is 12.1. The molecule has 0 spiro atoms. The maximum atomic E-state index is 12.1. The fourth-order valence-electron chi connectivity index (χ4n) is 1.79. The summed E-state index contributed by atoms with van der Waals surface area (Å²) in [6.45, 7) is 5.20. The van der Waals surface area contributed by atoms with E-state index < -0.39 is 0 Å². The lowest BCUT2D eigenvalue weighted by Crippen LogP contribution is -2.38. The van der Waals surface area contributed by atoms with Crippen molar-refractivity contribution >= 4 is 5.91 Å². The van der Waals surface area contributed by atoms with Crippen LogP contribution in [0.3, 0.4) is 0 Å². The number of nitrogens with one attached hydrogen (secondary N) is 1. The van der Waals surface area contributed by atoms with Crippen LogP contribution in [0.5, 0.6) is 5.75 Å². The van der Waals surface area contributed by atoms with Crippen molar-refractivity contribution in [3.63, 3.8) is 0 Å². The van der Waals surface area contributed by atoms with Gasteiger partial charge in [-0.1, -0.05) is 13.8 Å². The normalized spacial score (nSPS) is 12.2. The lowest BCUT2D eigenvalue weighted by molar-refractivity contribution is 0.0878. The highest BCUT2D eigenvalue weighted by atomic mass is 16.5. The summed E-state index contributed by atoms with van der Waals surface area (Å²) < 4.78 is 10.6. The van der Waals surface area contributed by atoms with Gasteiger partial charge in [-0.25, -0.2) is 0 Å². The Bertz CT molecular complexity index is 411. The Morgan fingerprint density at radius 2 is 1.90 bits per heavy atom. The van der Waals surface area contributed by atoms with Gasteiger partial charge in [0.25, 0.3) is 5.91 Å². The molecular weight excluding hydrogens is 270 g/mol. The monoisotopic (exact) mass is 295 g/mol. The van der Waals surface area contributed by atoms with E-state index in [0.717, 1.165) is 5.75 Å². The molecule has 0 aliphatic rings. The minimum atomic E-state index is -0.190. The molecule has 0 heterocycles. The number of amides is 1. The summed E-state index contributed by atoms with van der Waals surface area (Å²) in [5, 5.41) is 11.8. The van der Waals surface area contributed by atoms with Gasteiger partial charge in [0.05, 0.1) is 19.3 Å². The minimum absolute atomic E-state index is 0.0102. The first kappa shape index (κ1) is 17.5. The molecule has 1 aromatic carbocycles. The van der Waals surface area contributed by atoms with Gasteiger partial charge in [0.1, 0.15) is 5.75 Å². The van der Waals surface area contributed by atoms with Crippen LogP contribution in [0.1, 0.15) is 30.6 Å². The first-order valence-electron chi connectivity index (χ1n) is 7.20. The second kappa shape index (κ2) is 9.37. The average Bonchev–Trinajstić information content (AvgIpc) is 2.46. The van der Waals surface area contributed by atoms with E-state index in [0.29, 0.717) is 31.1 Å². The summed E-state index contributed by atoms with van der Waals surface area (Å²) in [4.78, 5) is 12.1. The quantitative estimate of drug-likeness (QED) is 0.729. The van der Waals surface area contributed by atoms with Gasteiger partial charge < -0.3 is 19.9 Å². The van der Waals surface area contributed by atoms with Crippen LogP contribution in [-0.4, -0.2) is 44.0 Å². The molecule has 118 valence electrons. The number of benzene rings is 1. The zero-order chi connectivity index (χ0) is 15.7. The zero-order valence-corrected chi connectivity index (χ0v) is 13.0. The maximum Gasteiger partial charge on any atom is 0.251 e. The summed E-state index contributed by atoms with van der Waals surface area (Å²) in [5.41, 5.74) is 0.561. The highest BCUT2D eigenvalue weighted by Crippen LogP contribution is 2.13. The molecule has 1 amide bonds. The molecule has 2 N–H and O–H groups in total. The van der Waals surface area contributed by atoms with E-state index in [9.17, 15) is 4.79 Å². The molecule has 0 radical (unpaired) electrons. The third-order valence-electron chi connectivity index (χ3n) is 2.88. The van der Waals surface area contributed by atoms with Crippen molar-refractivity contribution in [2.75, 3.05) is 26.9 Å². The molecule has 5 nitrogen and oxygen atoms in total. The summed E-state index contributed by atoms with van der Waals surface area (Å²) in [7, 11) is 1.57. The fraction of sp³-hybridized carbons (Fsp3) is 0.562. The van der Waals surface area contributed by atoms with Crippen LogP contribution in [0.25, 0.3) is 0 Å². The lowest BCUT2D eigenvalue weighted by Gasteiger charge is -2.17. The van der Waals surface area contributed by atoms with E-state index in [1.807, 2.05) is 0 Å². The predicted molar refractivity (Wildman–Crippen MR) is 81.6 cm³/mol. The molecule has 1 aromatic rings. The fourth-order valence-corrected chi connectivity index (χ4v) is 1.79. The van der Waals surface area contributed by atoms with Gasteiger partial charge in [0, 0.05) is 19.3 Å². The van der Waals surface area contributed by atoms with Crippen molar-refractivity contribution in [3.8, 4) is 5.75 Å². The van der Waals surface area contributed by atoms with Crippen molar-refractivity contribution in [2.24, 2.45) is 5.92 Å². The first-order chi connectivity index (χ1) is 10.1. The van der Waals surface area contributed by atoms with E-state index in [2.05, 4.69) is 19.2 Å². The van der Waals surface area contributed by atoms with Gasteiger partial charge >= 0.3 is 0 Å². The molecule has 0 fully saturated rings. The van der Waals surface area contributed by atoms with Gasteiger partial charge in [-0.15, -0.1) is 0 Å². The van der Waals surface area contributed by atoms with E-state index in [4.69, 9.17) is 14.6 Å². The average molecular weight is 295 g/mol. The Hall–Kier alpha value is -1.59. The Balaban J connectivity index is 2.57. The van der Waals surface area contributed by atoms with Gasteiger partial charge in [-0.2, -0.15) is 0 Å². The number of carbonyl (C=O) groups is 1. The summed E-state index contributed by atoms with van der Waals surface area (Å²) in [6.07, 6.45) is 0.467. The highest BCUT2D eigenvalue weighted by Gasteiger charge is 2.13. The SMILES string of the molecule is COCC(CCO)NC(=O)c1ccc(OCC(C)C)cc1. The second-order valence-corrected chi connectivity index (χ2v) is 5.37. The van der Waals surface area contributed by atoms with Gasteiger partial charge in [0.2, 0.25) is 0 Å². The Morgan fingerprint density at radius 3 is 2.43 bits per heavy atom. The molecule has 1 unspecified atom stereocenters. The molecule has 5 heteroatoms. The number of hydrogen-bond acceptors (Lipinski definition) is 4. The van der Waals surface area contributed by atoms with Gasteiger partial charge in [-0.3, -0.25) is 4.79 Å². The predicted octanol–water partition coefficient (Wildman–Crippen LogP) is 1.85. The lowest BCUT2D eigenvalue weighted by atomic mass is 10.1. The first-order valence-corrected chi connectivity index (χ1v) is 7.20. The molecular formula is C16H25NO4. The van der Waals surface area contributed by atoms with Crippen LogP contribution in [0.4, 0.5) is 0 Å². The van der Waals surface area contributed by atoms with Crippen LogP contribution in [0.15, 0.2) is 24.3 Å². The molecule has 1 atom stereocenters. The number of ether oxygens (including phenoxy) is 2. The van der Waals surface area contributed by atoms with Gasteiger partial charge in [-0.05, 0) is 36.6 Å². The largest absolute Gasteiger partial charge is 0.493 e. The molecule has 1 rings (SSSR count). The smallest absolute Gasteiger partial charge is 0.251 e. The van der Waals surface area contributed by atoms with Crippen LogP contribution < -0.4 is 10.1 Å².